The molecule has 158 valence electrons. The predicted octanol–water partition coefficient (Wildman–Crippen LogP) is 4.08. The number of hydrogen-bond donors (Lipinski definition) is 2. The van der Waals surface area contributed by atoms with Crippen LogP contribution in [0.5, 0.6) is 5.75 Å². The van der Waals surface area contributed by atoms with E-state index in [4.69, 9.17) is 0 Å². The maximum atomic E-state index is 12.9. The lowest BCUT2D eigenvalue weighted by molar-refractivity contribution is 0.102. The number of nitrogens with one attached hydrogen (secondary N) is 1. The summed E-state index contributed by atoms with van der Waals surface area (Å²) in [5.41, 5.74) is 3.40. The Labute approximate surface area is 179 Å². The standard InChI is InChI=1S/C22H26N4O3S/c1-11-12(2)25-26(7)21(29)17(11)20-23-13(3)18(30-20)19(28)24-15-10-14(22(4,5)6)8-9-16(15)27/h8-10,27H,1-7H3,(H,24,28). The minimum atomic E-state index is -0.377. The van der Waals surface area contributed by atoms with Crippen molar-refractivity contribution in [1.82, 2.24) is 14.8 Å². The number of rotatable bonds is 3. The van der Waals surface area contributed by atoms with Crippen molar-refractivity contribution in [3.8, 4) is 16.3 Å². The molecule has 3 aromatic rings. The number of amides is 1. The van der Waals surface area contributed by atoms with Gasteiger partial charge in [-0.05, 0) is 49.4 Å². The van der Waals surface area contributed by atoms with Gasteiger partial charge in [-0.3, -0.25) is 9.59 Å². The first-order valence-electron chi connectivity index (χ1n) is 9.57. The molecule has 0 saturated heterocycles. The van der Waals surface area contributed by atoms with Crippen molar-refractivity contribution in [2.24, 2.45) is 7.05 Å². The van der Waals surface area contributed by atoms with Crippen molar-refractivity contribution in [1.29, 1.82) is 0 Å². The fourth-order valence-corrected chi connectivity index (χ4v) is 4.15. The highest BCUT2D eigenvalue weighted by atomic mass is 32.1. The number of phenols is 1. The van der Waals surface area contributed by atoms with Gasteiger partial charge in [0.1, 0.15) is 15.6 Å². The zero-order valence-electron chi connectivity index (χ0n) is 18.2. The summed E-state index contributed by atoms with van der Waals surface area (Å²) in [6.45, 7) is 11.6. The molecule has 1 aromatic carbocycles. The summed E-state index contributed by atoms with van der Waals surface area (Å²) >= 11 is 1.16. The second kappa shape index (κ2) is 7.68. The molecule has 0 radical (unpaired) electrons. The van der Waals surface area contributed by atoms with Crippen molar-refractivity contribution in [2.45, 2.75) is 47.0 Å². The Morgan fingerprint density at radius 3 is 2.47 bits per heavy atom. The van der Waals surface area contributed by atoms with Gasteiger partial charge in [0.2, 0.25) is 0 Å². The van der Waals surface area contributed by atoms with E-state index in [1.54, 1.807) is 26.1 Å². The van der Waals surface area contributed by atoms with Gasteiger partial charge in [0.25, 0.3) is 11.5 Å². The summed E-state index contributed by atoms with van der Waals surface area (Å²) in [5, 5.41) is 17.7. The van der Waals surface area contributed by atoms with Gasteiger partial charge in [-0.2, -0.15) is 5.10 Å². The highest BCUT2D eigenvalue weighted by Gasteiger charge is 2.22. The van der Waals surface area contributed by atoms with Crippen LogP contribution in [-0.4, -0.2) is 25.8 Å². The van der Waals surface area contributed by atoms with Gasteiger partial charge >= 0.3 is 0 Å². The minimum Gasteiger partial charge on any atom is -0.506 e. The molecule has 2 aromatic heterocycles. The molecule has 8 heteroatoms. The second-order valence-corrected chi connectivity index (χ2v) is 9.38. The van der Waals surface area contributed by atoms with Crippen LogP contribution in [0.1, 0.15) is 53.0 Å². The number of aromatic hydroxyl groups is 1. The van der Waals surface area contributed by atoms with Crippen LogP contribution in [0.3, 0.4) is 0 Å². The first kappa shape index (κ1) is 21.7. The van der Waals surface area contributed by atoms with Crippen LogP contribution in [0, 0.1) is 20.8 Å². The van der Waals surface area contributed by atoms with E-state index in [0.717, 1.165) is 28.2 Å². The van der Waals surface area contributed by atoms with Gasteiger partial charge in [-0.25, -0.2) is 9.67 Å². The van der Waals surface area contributed by atoms with E-state index in [1.165, 1.54) is 4.68 Å². The van der Waals surface area contributed by atoms with Crippen LogP contribution >= 0.6 is 11.3 Å². The normalized spacial score (nSPS) is 11.6. The molecule has 0 spiro atoms. The molecule has 0 aliphatic carbocycles. The summed E-state index contributed by atoms with van der Waals surface area (Å²) in [6, 6.07) is 5.19. The van der Waals surface area contributed by atoms with Crippen molar-refractivity contribution in [3.63, 3.8) is 0 Å². The SMILES string of the molecule is Cc1nc(-c2c(C)c(C)nn(C)c2=O)sc1C(=O)Nc1cc(C(C)(C)C)ccc1O. The molecule has 0 bridgehead atoms. The molecule has 0 saturated carbocycles. The maximum Gasteiger partial charge on any atom is 0.277 e. The number of nitrogens with zero attached hydrogens (tertiary/aromatic N) is 3. The van der Waals surface area contributed by atoms with E-state index < -0.39 is 0 Å². The lowest BCUT2D eigenvalue weighted by atomic mass is 9.87. The summed E-state index contributed by atoms with van der Waals surface area (Å²) in [7, 11) is 1.59. The van der Waals surface area contributed by atoms with Crippen LogP contribution in [0.4, 0.5) is 5.69 Å². The number of carbonyl (C=O) groups excluding carboxylic acids is 1. The number of phenolic OH excluding ortho intramolecular Hbond substituents is 1. The third kappa shape index (κ3) is 4.00. The molecule has 0 aliphatic rings. The highest BCUT2D eigenvalue weighted by Crippen LogP contribution is 2.33. The molecule has 7 nitrogen and oxygen atoms in total. The summed E-state index contributed by atoms with van der Waals surface area (Å²) in [4.78, 5) is 30.5. The van der Waals surface area contributed by atoms with E-state index in [2.05, 4.69) is 36.2 Å². The van der Waals surface area contributed by atoms with Crippen molar-refractivity contribution >= 4 is 22.9 Å². The molecule has 0 atom stereocenters. The van der Waals surface area contributed by atoms with E-state index in [0.29, 0.717) is 26.8 Å². The number of aryl methyl sites for hydroxylation is 3. The zero-order chi connectivity index (χ0) is 22.4. The quantitative estimate of drug-likeness (QED) is 0.615. The molecule has 0 unspecified atom stereocenters. The average molecular weight is 427 g/mol. The minimum absolute atomic E-state index is 0.00628. The van der Waals surface area contributed by atoms with E-state index in [1.807, 2.05) is 19.9 Å². The Bertz CT molecular complexity index is 1200. The molecule has 1 amide bonds. The van der Waals surface area contributed by atoms with Gasteiger partial charge in [0.15, 0.2) is 0 Å². The maximum absolute atomic E-state index is 12.9. The van der Waals surface area contributed by atoms with Crippen molar-refractivity contribution < 1.29 is 9.90 Å². The molecular formula is C22H26N4O3S. The third-order valence-electron chi connectivity index (χ3n) is 5.05. The Balaban J connectivity index is 2.00. The Kier molecular flexibility index (Phi) is 5.56. The fraction of sp³-hybridized carbons (Fsp3) is 0.364. The number of anilines is 1. The largest absolute Gasteiger partial charge is 0.506 e. The molecule has 3 rings (SSSR count). The predicted molar refractivity (Wildman–Crippen MR) is 120 cm³/mol. The van der Waals surface area contributed by atoms with Crippen LogP contribution in [0.25, 0.3) is 10.6 Å². The topological polar surface area (TPSA) is 97.1 Å². The lowest BCUT2D eigenvalue weighted by Crippen LogP contribution is -2.23. The first-order valence-corrected chi connectivity index (χ1v) is 10.4. The van der Waals surface area contributed by atoms with E-state index in [9.17, 15) is 14.7 Å². The average Bonchev–Trinajstić information content (AvgIpc) is 3.02. The molecular weight excluding hydrogens is 400 g/mol. The molecule has 0 fully saturated rings. The van der Waals surface area contributed by atoms with Gasteiger partial charge in [0, 0.05) is 7.05 Å². The lowest BCUT2D eigenvalue weighted by Gasteiger charge is -2.20. The molecule has 30 heavy (non-hydrogen) atoms. The monoisotopic (exact) mass is 426 g/mol. The second-order valence-electron chi connectivity index (χ2n) is 8.38. The summed E-state index contributed by atoms with van der Waals surface area (Å²) < 4.78 is 1.28. The molecule has 2 N–H and O–H groups in total. The van der Waals surface area contributed by atoms with E-state index >= 15 is 0 Å². The van der Waals surface area contributed by atoms with Gasteiger partial charge < -0.3 is 10.4 Å². The fourth-order valence-electron chi connectivity index (χ4n) is 3.10. The molecule has 0 aliphatic heterocycles. The van der Waals surface area contributed by atoms with Crippen LogP contribution in [0.15, 0.2) is 23.0 Å². The van der Waals surface area contributed by atoms with Crippen LogP contribution in [0.2, 0.25) is 0 Å². The van der Waals surface area contributed by atoms with Gasteiger partial charge in [0.05, 0.1) is 22.6 Å². The Morgan fingerprint density at radius 1 is 1.17 bits per heavy atom. The van der Waals surface area contributed by atoms with Crippen molar-refractivity contribution in [2.75, 3.05) is 5.32 Å². The Morgan fingerprint density at radius 2 is 1.83 bits per heavy atom. The zero-order valence-corrected chi connectivity index (χ0v) is 19.1. The number of carbonyl (C=O) groups is 1. The summed E-state index contributed by atoms with van der Waals surface area (Å²) in [5.74, 6) is -0.383. The Hall–Kier alpha value is -3.00. The van der Waals surface area contributed by atoms with Crippen LogP contribution in [-0.2, 0) is 12.5 Å². The highest BCUT2D eigenvalue weighted by molar-refractivity contribution is 7.17. The summed E-state index contributed by atoms with van der Waals surface area (Å²) in [6.07, 6.45) is 0. The third-order valence-corrected chi connectivity index (χ3v) is 6.23. The number of benzene rings is 1. The number of aromatic nitrogens is 3. The first-order chi connectivity index (χ1) is 13.9. The number of thiazole rings is 1. The smallest absolute Gasteiger partial charge is 0.277 e. The van der Waals surface area contributed by atoms with Gasteiger partial charge in [-0.1, -0.05) is 26.8 Å². The van der Waals surface area contributed by atoms with Crippen molar-refractivity contribution in [3.05, 3.63) is 55.9 Å². The van der Waals surface area contributed by atoms with E-state index in [-0.39, 0.29) is 22.6 Å². The van der Waals surface area contributed by atoms with Crippen LogP contribution < -0.4 is 10.9 Å². The molecule has 2 heterocycles. The number of hydrogen-bond acceptors (Lipinski definition) is 6. The van der Waals surface area contributed by atoms with Gasteiger partial charge in [-0.15, -0.1) is 11.3 Å².